The first-order valence-electron chi connectivity index (χ1n) is 9.75. The zero-order chi connectivity index (χ0) is 20.4. The Bertz CT molecular complexity index is 950. The van der Waals surface area contributed by atoms with Crippen molar-refractivity contribution in [3.63, 3.8) is 0 Å². The molecule has 1 fully saturated rings. The van der Waals surface area contributed by atoms with Crippen molar-refractivity contribution in [1.29, 1.82) is 0 Å². The van der Waals surface area contributed by atoms with Gasteiger partial charge in [-0.2, -0.15) is 0 Å². The lowest BCUT2D eigenvalue weighted by Gasteiger charge is -2.20. The van der Waals surface area contributed by atoms with Crippen molar-refractivity contribution in [1.82, 2.24) is 19.5 Å². The summed E-state index contributed by atoms with van der Waals surface area (Å²) in [4.78, 5) is 13.1. The second kappa shape index (κ2) is 8.42. The summed E-state index contributed by atoms with van der Waals surface area (Å²) < 4.78 is 7.17. The van der Waals surface area contributed by atoms with E-state index in [-0.39, 0.29) is 12.6 Å². The molecule has 4 rings (SSSR count). The molecule has 9 nitrogen and oxygen atoms in total. The Hall–Kier alpha value is -2.59. The summed E-state index contributed by atoms with van der Waals surface area (Å²) >= 11 is 0. The van der Waals surface area contributed by atoms with Gasteiger partial charge in [-0.05, 0) is 12.0 Å². The number of ether oxygens (including phenoxy) is 1. The number of benzene rings is 1. The van der Waals surface area contributed by atoms with E-state index in [1.165, 1.54) is 12.7 Å². The second-order valence-corrected chi connectivity index (χ2v) is 7.17. The van der Waals surface area contributed by atoms with Gasteiger partial charge >= 0.3 is 0 Å². The smallest absolute Gasteiger partial charge is 0.167 e. The molecule has 29 heavy (non-hydrogen) atoms. The van der Waals surface area contributed by atoms with Crippen LogP contribution in [0.4, 0.5) is 5.82 Å². The van der Waals surface area contributed by atoms with Crippen molar-refractivity contribution in [2.24, 2.45) is 0 Å². The first-order valence-corrected chi connectivity index (χ1v) is 9.75. The summed E-state index contributed by atoms with van der Waals surface area (Å²) in [6.07, 6.45) is 0.708. The Morgan fingerprint density at radius 1 is 1.14 bits per heavy atom. The molecule has 0 spiro atoms. The van der Waals surface area contributed by atoms with E-state index in [0.717, 1.165) is 18.4 Å². The molecule has 3 unspecified atom stereocenters. The van der Waals surface area contributed by atoms with Crippen LogP contribution < -0.4 is 5.32 Å². The number of hydrogen-bond donors (Lipinski definition) is 4. The molecule has 0 aliphatic carbocycles. The molecule has 1 aliphatic heterocycles. The Balaban J connectivity index is 1.66. The first kappa shape index (κ1) is 19.7. The molecule has 0 bridgehead atoms. The fraction of sp³-hybridized carbons (Fsp3) is 0.450. The topological polar surface area (TPSA) is 126 Å². The van der Waals surface area contributed by atoms with Gasteiger partial charge in [0.15, 0.2) is 23.2 Å². The van der Waals surface area contributed by atoms with Crippen LogP contribution in [-0.2, 0) is 4.74 Å². The molecular weight excluding hydrogens is 374 g/mol. The van der Waals surface area contributed by atoms with Gasteiger partial charge in [0.25, 0.3) is 0 Å². The quantitative estimate of drug-likeness (QED) is 0.470. The van der Waals surface area contributed by atoms with E-state index < -0.39 is 24.5 Å². The molecule has 1 aromatic carbocycles. The molecule has 5 atom stereocenters. The molecule has 9 heteroatoms. The number of fused-ring (bicyclic) bond motifs is 1. The van der Waals surface area contributed by atoms with E-state index >= 15 is 0 Å². The van der Waals surface area contributed by atoms with Crippen molar-refractivity contribution in [2.45, 2.75) is 50.3 Å². The van der Waals surface area contributed by atoms with Gasteiger partial charge in [-0.15, -0.1) is 0 Å². The van der Waals surface area contributed by atoms with E-state index in [4.69, 9.17) is 4.74 Å². The predicted molar refractivity (Wildman–Crippen MR) is 106 cm³/mol. The molecule has 4 N–H and O–H groups in total. The number of nitrogens with zero attached hydrogens (tertiary/aromatic N) is 4. The average Bonchev–Trinajstić information content (AvgIpc) is 3.30. The summed E-state index contributed by atoms with van der Waals surface area (Å²) in [6, 6.07) is 10.2. The van der Waals surface area contributed by atoms with E-state index in [9.17, 15) is 15.3 Å². The van der Waals surface area contributed by atoms with Crippen LogP contribution in [0.2, 0.25) is 0 Å². The van der Waals surface area contributed by atoms with Crippen LogP contribution in [0.5, 0.6) is 0 Å². The van der Waals surface area contributed by atoms with Crippen molar-refractivity contribution in [3.8, 4) is 0 Å². The fourth-order valence-electron chi connectivity index (χ4n) is 3.71. The molecule has 0 saturated carbocycles. The van der Waals surface area contributed by atoms with Gasteiger partial charge in [-0.25, -0.2) is 15.0 Å². The Morgan fingerprint density at radius 3 is 2.62 bits per heavy atom. The maximum Gasteiger partial charge on any atom is 0.167 e. The minimum absolute atomic E-state index is 0.0679. The third-order valence-electron chi connectivity index (χ3n) is 5.24. The molecule has 2 aromatic heterocycles. The Morgan fingerprint density at radius 2 is 1.93 bits per heavy atom. The monoisotopic (exact) mass is 399 g/mol. The van der Waals surface area contributed by atoms with Gasteiger partial charge < -0.3 is 25.4 Å². The van der Waals surface area contributed by atoms with Crippen LogP contribution in [-0.4, -0.2) is 59.8 Å². The van der Waals surface area contributed by atoms with Gasteiger partial charge in [-0.1, -0.05) is 43.7 Å². The van der Waals surface area contributed by atoms with Crippen LogP contribution >= 0.6 is 0 Å². The standard InChI is InChI=1S/C20H25N5O4/c1-2-6-13(12-7-4-3-5-8-12)24-18-15-19(22-10-21-18)25(11-23-15)20-17(28)16(27)14(9-26)29-20/h3-5,7-8,10-11,13-14,16-17,20,26-28H,2,6,9H2,1H3,(H,21,22,24)/t13?,14-,16?,17?,20-/m1/s1. The van der Waals surface area contributed by atoms with E-state index in [1.807, 2.05) is 18.2 Å². The lowest BCUT2D eigenvalue weighted by atomic mass is 10.0. The van der Waals surface area contributed by atoms with Crippen LogP contribution in [0.25, 0.3) is 11.2 Å². The zero-order valence-corrected chi connectivity index (χ0v) is 16.1. The number of aliphatic hydroxyl groups is 3. The normalized spacial score (nSPS) is 25.4. The highest BCUT2D eigenvalue weighted by Crippen LogP contribution is 2.33. The number of anilines is 1. The first-order chi connectivity index (χ1) is 14.1. The van der Waals surface area contributed by atoms with E-state index in [2.05, 4.69) is 39.3 Å². The van der Waals surface area contributed by atoms with Crippen LogP contribution in [0.15, 0.2) is 43.0 Å². The number of nitrogens with one attached hydrogen (secondary N) is 1. The average molecular weight is 399 g/mol. The van der Waals surface area contributed by atoms with Gasteiger partial charge in [0.05, 0.1) is 19.0 Å². The molecule has 154 valence electrons. The Labute approximate surface area is 168 Å². The largest absolute Gasteiger partial charge is 0.394 e. The molecule has 1 aliphatic rings. The fourth-order valence-corrected chi connectivity index (χ4v) is 3.71. The molecule has 1 saturated heterocycles. The van der Waals surface area contributed by atoms with Crippen LogP contribution in [0.1, 0.15) is 37.6 Å². The molecule has 0 radical (unpaired) electrons. The van der Waals surface area contributed by atoms with Crippen molar-refractivity contribution in [3.05, 3.63) is 48.5 Å². The number of imidazole rings is 1. The second-order valence-electron chi connectivity index (χ2n) is 7.17. The summed E-state index contributed by atoms with van der Waals surface area (Å²) in [7, 11) is 0. The van der Waals surface area contributed by atoms with Gasteiger partial charge in [-0.3, -0.25) is 4.57 Å². The van der Waals surface area contributed by atoms with Crippen molar-refractivity contribution < 1.29 is 20.1 Å². The zero-order valence-electron chi connectivity index (χ0n) is 16.1. The van der Waals surface area contributed by atoms with Gasteiger partial charge in [0, 0.05) is 0 Å². The molecule has 0 amide bonds. The summed E-state index contributed by atoms with van der Waals surface area (Å²) in [6.45, 7) is 1.74. The van der Waals surface area contributed by atoms with Crippen LogP contribution in [0, 0.1) is 0 Å². The highest BCUT2D eigenvalue weighted by Gasteiger charge is 2.44. The summed E-state index contributed by atoms with van der Waals surface area (Å²) in [5, 5.41) is 33.2. The van der Waals surface area contributed by atoms with Crippen molar-refractivity contribution >= 4 is 17.0 Å². The summed E-state index contributed by atoms with van der Waals surface area (Å²) in [5.74, 6) is 0.586. The van der Waals surface area contributed by atoms with Gasteiger partial charge in [0.2, 0.25) is 0 Å². The number of aromatic nitrogens is 4. The molecule has 3 heterocycles. The predicted octanol–water partition coefficient (Wildman–Crippen LogP) is 1.39. The highest BCUT2D eigenvalue weighted by atomic mass is 16.6. The van der Waals surface area contributed by atoms with Gasteiger partial charge in [0.1, 0.15) is 24.6 Å². The molecule has 3 aromatic rings. The van der Waals surface area contributed by atoms with E-state index in [0.29, 0.717) is 17.0 Å². The SMILES string of the molecule is CCCC(Nc1ncnc2c1ncn2[C@@H]1O[C@H](CO)C(O)C1O)c1ccccc1. The number of hydrogen-bond acceptors (Lipinski definition) is 8. The highest BCUT2D eigenvalue weighted by molar-refractivity contribution is 5.83. The molecular formula is C20H25N5O4. The van der Waals surface area contributed by atoms with Crippen molar-refractivity contribution in [2.75, 3.05) is 11.9 Å². The maximum atomic E-state index is 10.3. The van der Waals surface area contributed by atoms with Crippen LogP contribution in [0.3, 0.4) is 0 Å². The Kier molecular flexibility index (Phi) is 5.72. The summed E-state index contributed by atoms with van der Waals surface area (Å²) in [5.41, 5.74) is 2.17. The maximum absolute atomic E-state index is 10.3. The third kappa shape index (κ3) is 3.69. The number of aliphatic hydroxyl groups excluding tert-OH is 3. The lowest BCUT2D eigenvalue weighted by Crippen LogP contribution is -2.33. The third-order valence-corrected chi connectivity index (χ3v) is 5.24. The van der Waals surface area contributed by atoms with E-state index in [1.54, 1.807) is 4.57 Å². The minimum atomic E-state index is -1.20. The lowest BCUT2D eigenvalue weighted by molar-refractivity contribution is -0.0511. The minimum Gasteiger partial charge on any atom is -0.394 e. The number of rotatable bonds is 7.